The summed E-state index contributed by atoms with van der Waals surface area (Å²) in [6, 6.07) is 21.8. The third-order valence-electron chi connectivity index (χ3n) is 6.42. The fourth-order valence-electron chi connectivity index (χ4n) is 4.34. The van der Waals surface area contributed by atoms with Crippen LogP contribution in [-0.2, 0) is 6.42 Å². The van der Waals surface area contributed by atoms with E-state index in [1.165, 1.54) is 19.2 Å². The van der Waals surface area contributed by atoms with E-state index in [2.05, 4.69) is 10.1 Å². The average molecular weight is 552 g/mol. The Balaban J connectivity index is 1.48. The normalized spacial score (nSPS) is 11.8. The zero-order chi connectivity index (χ0) is 27.8. The van der Waals surface area contributed by atoms with Crippen LogP contribution in [0, 0.1) is 12.7 Å². The Morgan fingerprint density at radius 3 is 2.50 bits per heavy atom. The standard InChI is InChI=1S/C30H22FN5O3S/c1-18-8-10-19(11-9-18)14-24-28(37)32-30-36(33-24)29(38)26(40-30)16-21-17-35(22-6-4-3-5-7-22)34-27(21)20-12-13-25(39-2)23(31)15-20/h3-13,15-17H,14H2,1-2H3/b26-16-. The molecule has 0 aliphatic rings. The minimum absolute atomic E-state index is 0.117. The van der Waals surface area contributed by atoms with Crippen LogP contribution in [0.15, 0.2) is 88.6 Å². The Kier molecular flexibility index (Phi) is 6.53. The molecule has 6 rings (SSSR count). The van der Waals surface area contributed by atoms with Crippen molar-refractivity contribution in [2.45, 2.75) is 13.3 Å². The van der Waals surface area contributed by atoms with E-state index in [0.717, 1.165) is 32.7 Å². The molecule has 0 unspecified atom stereocenters. The minimum Gasteiger partial charge on any atom is -0.494 e. The number of rotatable bonds is 6. The topological polar surface area (TPSA) is 91.4 Å². The fourth-order valence-corrected chi connectivity index (χ4v) is 5.23. The summed E-state index contributed by atoms with van der Waals surface area (Å²) >= 11 is 1.06. The number of benzene rings is 3. The largest absolute Gasteiger partial charge is 0.494 e. The van der Waals surface area contributed by atoms with Gasteiger partial charge in [0.2, 0.25) is 4.96 Å². The van der Waals surface area contributed by atoms with Gasteiger partial charge in [-0.15, -0.1) is 0 Å². The number of fused-ring (bicyclic) bond motifs is 1. The van der Waals surface area contributed by atoms with Crippen LogP contribution in [0.4, 0.5) is 4.39 Å². The minimum atomic E-state index is -0.528. The van der Waals surface area contributed by atoms with Crippen LogP contribution in [0.2, 0.25) is 0 Å². The van der Waals surface area contributed by atoms with Crippen molar-refractivity contribution in [3.63, 3.8) is 0 Å². The van der Waals surface area contributed by atoms with Crippen LogP contribution in [0.5, 0.6) is 5.75 Å². The van der Waals surface area contributed by atoms with E-state index in [9.17, 15) is 14.0 Å². The fraction of sp³-hybridized carbons (Fsp3) is 0.100. The maximum Gasteiger partial charge on any atom is 0.296 e. The Hall–Kier alpha value is -4.96. The lowest BCUT2D eigenvalue weighted by atomic mass is 10.1. The van der Waals surface area contributed by atoms with Gasteiger partial charge in [-0.25, -0.2) is 9.07 Å². The molecule has 3 aromatic carbocycles. The van der Waals surface area contributed by atoms with E-state index in [1.807, 2.05) is 61.5 Å². The number of para-hydroxylation sites is 1. The molecule has 8 nitrogen and oxygen atoms in total. The van der Waals surface area contributed by atoms with Crippen molar-refractivity contribution in [3.05, 3.63) is 132 Å². The van der Waals surface area contributed by atoms with E-state index >= 15 is 0 Å². The van der Waals surface area contributed by atoms with E-state index in [-0.39, 0.29) is 22.8 Å². The first-order valence-corrected chi connectivity index (χ1v) is 13.2. The van der Waals surface area contributed by atoms with E-state index in [4.69, 9.17) is 9.84 Å². The Bertz CT molecular complexity index is 2030. The maximum atomic E-state index is 14.6. The van der Waals surface area contributed by atoms with Gasteiger partial charge in [-0.1, -0.05) is 59.4 Å². The van der Waals surface area contributed by atoms with Gasteiger partial charge in [0.15, 0.2) is 11.6 Å². The second-order valence-electron chi connectivity index (χ2n) is 9.20. The molecule has 0 bridgehead atoms. The Morgan fingerprint density at radius 1 is 1.00 bits per heavy atom. The van der Waals surface area contributed by atoms with Gasteiger partial charge in [-0.2, -0.15) is 19.7 Å². The number of halogens is 1. The Labute approximate surface area is 231 Å². The third kappa shape index (κ3) is 4.80. The number of methoxy groups -OCH3 is 1. The van der Waals surface area contributed by atoms with Crippen molar-refractivity contribution in [1.82, 2.24) is 24.4 Å². The van der Waals surface area contributed by atoms with Gasteiger partial charge in [0.1, 0.15) is 11.4 Å². The smallest absolute Gasteiger partial charge is 0.296 e. The van der Waals surface area contributed by atoms with Crippen LogP contribution in [0.1, 0.15) is 22.4 Å². The summed E-state index contributed by atoms with van der Waals surface area (Å²) in [5.41, 5.74) is 3.68. The number of thiazole rings is 1. The summed E-state index contributed by atoms with van der Waals surface area (Å²) in [5.74, 6) is -0.411. The Morgan fingerprint density at radius 2 is 1.77 bits per heavy atom. The molecule has 0 saturated heterocycles. The molecule has 40 heavy (non-hydrogen) atoms. The van der Waals surface area contributed by atoms with Gasteiger partial charge in [-0.3, -0.25) is 9.59 Å². The molecule has 10 heteroatoms. The quantitative estimate of drug-likeness (QED) is 0.311. The number of ether oxygens (including phenoxy) is 1. The molecule has 0 spiro atoms. The molecule has 0 radical (unpaired) electrons. The number of nitrogens with zero attached hydrogens (tertiary/aromatic N) is 5. The molecule has 0 aliphatic heterocycles. The highest BCUT2D eigenvalue weighted by Gasteiger charge is 2.16. The summed E-state index contributed by atoms with van der Waals surface area (Å²) in [7, 11) is 1.40. The van der Waals surface area contributed by atoms with Crippen molar-refractivity contribution in [3.8, 4) is 22.7 Å². The number of hydrogen-bond donors (Lipinski definition) is 0. The van der Waals surface area contributed by atoms with Crippen LogP contribution in [-0.4, -0.2) is 31.5 Å². The van der Waals surface area contributed by atoms with Crippen LogP contribution in [0.25, 0.3) is 28.0 Å². The van der Waals surface area contributed by atoms with Gasteiger partial charge in [0.25, 0.3) is 11.1 Å². The molecule has 0 saturated carbocycles. The lowest BCUT2D eigenvalue weighted by Gasteiger charge is -2.04. The molecule has 0 amide bonds. The van der Waals surface area contributed by atoms with Gasteiger partial charge in [-0.05, 0) is 48.9 Å². The molecule has 3 aromatic heterocycles. The zero-order valence-corrected chi connectivity index (χ0v) is 22.4. The highest BCUT2D eigenvalue weighted by Crippen LogP contribution is 2.28. The number of hydrogen-bond acceptors (Lipinski definition) is 7. The zero-order valence-electron chi connectivity index (χ0n) is 21.5. The third-order valence-corrected chi connectivity index (χ3v) is 7.38. The average Bonchev–Trinajstić information content (AvgIpc) is 3.51. The predicted octanol–water partition coefficient (Wildman–Crippen LogP) is 3.96. The molecule has 3 heterocycles. The maximum absolute atomic E-state index is 14.6. The first-order valence-electron chi connectivity index (χ1n) is 12.4. The van der Waals surface area contributed by atoms with E-state index in [0.29, 0.717) is 21.4 Å². The van der Waals surface area contributed by atoms with Crippen molar-refractivity contribution in [2.24, 2.45) is 0 Å². The summed E-state index contributed by atoms with van der Waals surface area (Å²) < 4.78 is 22.8. The summed E-state index contributed by atoms with van der Waals surface area (Å²) in [6.45, 7) is 1.98. The molecule has 198 valence electrons. The molecule has 0 atom stereocenters. The van der Waals surface area contributed by atoms with Gasteiger partial charge < -0.3 is 4.74 Å². The van der Waals surface area contributed by atoms with Gasteiger partial charge in [0, 0.05) is 23.7 Å². The van der Waals surface area contributed by atoms with E-state index < -0.39 is 16.9 Å². The number of aryl methyl sites for hydroxylation is 1. The predicted molar refractivity (Wildman–Crippen MR) is 152 cm³/mol. The molecule has 0 aliphatic carbocycles. The molecule has 0 N–H and O–H groups in total. The summed E-state index contributed by atoms with van der Waals surface area (Å²) in [4.78, 5) is 30.4. The van der Waals surface area contributed by atoms with Crippen LogP contribution < -0.4 is 20.4 Å². The van der Waals surface area contributed by atoms with Crippen molar-refractivity contribution >= 4 is 22.4 Å². The first kappa shape index (κ1) is 25.3. The second-order valence-corrected chi connectivity index (χ2v) is 10.2. The summed E-state index contributed by atoms with van der Waals surface area (Å²) in [5, 5.41) is 9.05. The second kappa shape index (κ2) is 10.3. The SMILES string of the molecule is COc1ccc(-c2nn(-c3ccccc3)cc2/C=c2\sc3nc(=O)c(Cc4ccc(C)cc4)nn3c2=O)cc1F. The highest BCUT2D eigenvalue weighted by atomic mass is 32.1. The lowest BCUT2D eigenvalue weighted by molar-refractivity contribution is 0.386. The monoisotopic (exact) mass is 551 g/mol. The molecule has 0 fully saturated rings. The first-order chi connectivity index (χ1) is 19.4. The highest BCUT2D eigenvalue weighted by molar-refractivity contribution is 7.15. The van der Waals surface area contributed by atoms with Crippen LogP contribution in [0.3, 0.4) is 0 Å². The molecular weight excluding hydrogens is 529 g/mol. The van der Waals surface area contributed by atoms with Crippen molar-refractivity contribution < 1.29 is 9.13 Å². The number of aromatic nitrogens is 5. The van der Waals surface area contributed by atoms with Crippen molar-refractivity contribution in [1.29, 1.82) is 0 Å². The lowest BCUT2D eigenvalue weighted by Crippen LogP contribution is -2.28. The van der Waals surface area contributed by atoms with Crippen LogP contribution >= 0.6 is 11.3 Å². The summed E-state index contributed by atoms with van der Waals surface area (Å²) in [6.07, 6.45) is 3.70. The van der Waals surface area contributed by atoms with E-state index in [1.54, 1.807) is 23.0 Å². The van der Waals surface area contributed by atoms with Gasteiger partial charge >= 0.3 is 0 Å². The van der Waals surface area contributed by atoms with Gasteiger partial charge in [0.05, 0.1) is 17.3 Å². The molecule has 6 aromatic rings. The van der Waals surface area contributed by atoms with Crippen molar-refractivity contribution in [2.75, 3.05) is 7.11 Å². The molecular formula is C30H22FN5O3S.